The first-order valence-corrected chi connectivity index (χ1v) is 43.4. The largest absolute Gasteiger partial charge is 0.480 e. The average molecular weight is 1740 g/mol. The molecule has 0 bridgehead atoms. The van der Waals surface area contributed by atoms with Gasteiger partial charge in [0.25, 0.3) is 0 Å². The van der Waals surface area contributed by atoms with Crippen molar-refractivity contribution in [2.24, 2.45) is 5.73 Å². The first-order valence-electron chi connectivity index (χ1n) is 43.4. The minimum Gasteiger partial charge on any atom is -0.480 e. The summed E-state index contributed by atoms with van der Waals surface area (Å²) >= 11 is 0. The Bertz CT molecular complexity index is 4840. The molecule has 128 heavy (non-hydrogen) atoms. The normalized spacial score (nSPS) is 15.7. The minimum atomic E-state index is -1.10. The van der Waals surface area contributed by atoms with Gasteiger partial charge in [-0.15, -0.1) is 0 Å². The lowest BCUT2D eigenvalue weighted by Crippen LogP contribution is -2.54. The van der Waals surface area contributed by atoms with Crippen molar-refractivity contribution < 1.29 is 82.5 Å². The molecule has 674 valence electrons. The molecule has 0 spiro atoms. The first kappa shape index (κ1) is 101. The van der Waals surface area contributed by atoms with E-state index >= 15 is 0 Å². The number of carboxylic acid groups (broad SMARTS) is 1. The maximum Gasteiger partial charge on any atom is 0.373 e. The number of nitrogens with zero attached hydrogens (tertiary/aromatic N) is 1. The average Bonchev–Trinajstić information content (AvgIpc) is 1.62. The van der Waals surface area contributed by atoms with Crippen LogP contribution in [0.3, 0.4) is 0 Å². The first-order chi connectivity index (χ1) is 62.7. The molecule has 21 nitrogen and oxygen atoms in total. The Morgan fingerprint density at radius 2 is 0.625 bits per heavy atom. The Hall–Kier alpha value is -11.2. The van der Waals surface area contributed by atoms with Crippen LogP contribution in [0, 0.1) is 0 Å². The van der Waals surface area contributed by atoms with E-state index in [1.54, 1.807) is 0 Å². The molecular formula is C107H124N4O17. The highest BCUT2D eigenvalue weighted by molar-refractivity contribution is 5.74. The Morgan fingerprint density at radius 3 is 0.930 bits per heavy atom. The quantitative estimate of drug-likeness (QED) is 0.0164. The van der Waals surface area contributed by atoms with Crippen molar-refractivity contribution in [3.05, 3.63) is 431 Å². The minimum absolute atomic E-state index is 0.00573. The number of ether oxygens (including phenoxy) is 9. The summed E-state index contributed by atoms with van der Waals surface area (Å²) in [6.07, 6.45) is -4.58. The van der Waals surface area contributed by atoms with E-state index in [1.807, 2.05) is 280 Å². The van der Waals surface area contributed by atoms with Gasteiger partial charge in [-0.2, -0.15) is 9.59 Å². The van der Waals surface area contributed by atoms with E-state index in [2.05, 4.69) is 120 Å². The van der Waals surface area contributed by atoms with Gasteiger partial charge in [0.15, 0.2) is 0 Å². The van der Waals surface area contributed by atoms with Crippen LogP contribution in [0.5, 0.6) is 0 Å². The van der Waals surface area contributed by atoms with Gasteiger partial charge in [-0.05, 0) is 87.5 Å². The predicted molar refractivity (Wildman–Crippen MR) is 495 cm³/mol. The predicted octanol–water partition coefficient (Wildman–Crippen LogP) is 16.2. The molecule has 0 saturated carbocycles. The molecule has 0 aromatic heterocycles. The number of hydrogen-bond donors (Lipinski definition) is 8. The van der Waals surface area contributed by atoms with Gasteiger partial charge in [0.2, 0.25) is 0 Å². The summed E-state index contributed by atoms with van der Waals surface area (Å²) < 4.78 is 57.6. The van der Waals surface area contributed by atoms with Crippen LogP contribution < -0.4 is 16.4 Å². The summed E-state index contributed by atoms with van der Waals surface area (Å²) in [6.45, 7) is 11.4. The second-order valence-corrected chi connectivity index (χ2v) is 31.0. The van der Waals surface area contributed by atoms with Gasteiger partial charge < -0.3 is 79.2 Å². The summed E-state index contributed by atoms with van der Waals surface area (Å²) in [5, 5.41) is 53.2. The molecule has 0 amide bonds. The zero-order valence-corrected chi connectivity index (χ0v) is 73.2. The van der Waals surface area contributed by atoms with Crippen molar-refractivity contribution in [3.8, 4) is 0 Å². The Labute approximate surface area is 754 Å². The van der Waals surface area contributed by atoms with Crippen molar-refractivity contribution in [1.82, 2.24) is 15.5 Å². The number of nitrogens with two attached hydrogens (primary N) is 1. The molecule has 1 aliphatic heterocycles. The van der Waals surface area contributed by atoms with Crippen molar-refractivity contribution in [3.63, 3.8) is 0 Å². The summed E-state index contributed by atoms with van der Waals surface area (Å²) in [7, 11) is 0. The third-order valence-corrected chi connectivity index (χ3v) is 21.5. The maximum atomic E-state index is 12.8. The van der Waals surface area contributed by atoms with Gasteiger partial charge >= 0.3 is 12.1 Å². The molecule has 13 rings (SSSR count). The summed E-state index contributed by atoms with van der Waals surface area (Å²) in [6, 6.07) is 120. The highest BCUT2D eigenvalue weighted by atomic mass is 16.6. The van der Waals surface area contributed by atoms with Crippen LogP contribution in [-0.2, 0) is 116 Å². The van der Waals surface area contributed by atoms with E-state index in [9.17, 15) is 15.0 Å². The number of rotatable bonds is 49. The maximum absolute atomic E-state index is 12.8. The molecule has 0 radical (unpaired) electrons. The molecule has 1 fully saturated rings. The summed E-state index contributed by atoms with van der Waals surface area (Å²) in [4.78, 5) is 31.5. The summed E-state index contributed by atoms with van der Waals surface area (Å²) in [5.41, 5.74) is 18.0. The molecular weight excluding hydrogens is 1610 g/mol. The Kier molecular flexibility index (Phi) is 46.4. The van der Waals surface area contributed by atoms with Gasteiger partial charge in [0.05, 0.1) is 111 Å². The number of carbonyl (C=O) groups is 1. The molecule has 21 heteroatoms. The van der Waals surface area contributed by atoms with E-state index in [-0.39, 0.29) is 68.9 Å². The fraction of sp³-hybridized carbons (Fsp3) is 0.308. The van der Waals surface area contributed by atoms with Crippen LogP contribution in [0.4, 0.5) is 0 Å². The molecule has 1 saturated heterocycles. The smallest absolute Gasteiger partial charge is 0.373 e. The van der Waals surface area contributed by atoms with Gasteiger partial charge in [-0.1, -0.05) is 364 Å². The molecule has 12 aromatic rings. The molecule has 9 N–H and O–H groups in total. The topological polar surface area (TPSA) is 289 Å². The lowest BCUT2D eigenvalue weighted by molar-refractivity contribution is -0.191. The van der Waals surface area contributed by atoms with Crippen molar-refractivity contribution in [2.75, 3.05) is 46.1 Å². The van der Waals surface area contributed by atoms with E-state index < -0.39 is 55.2 Å². The highest BCUT2D eigenvalue weighted by Gasteiger charge is 2.48. The second kappa shape index (κ2) is 59.0. The van der Waals surface area contributed by atoms with E-state index in [0.717, 1.165) is 67.7 Å². The number of aliphatic carboxylic acids is 1. The van der Waals surface area contributed by atoms with Gasteiger partial charge in [-0.3, -0.25) is 15.0 Å². The van der Waals surface area contributed by atoms with Crippen LogP contribution in [-0.4, -0.2) is 156 Å². The SMILES string of the molecule is C[C@@H](N[C@H](C(=O)O)[C@H](OCc1ccccc1)[C@H](COCc1ccccc1)OCc1ccccc1)c1ccccc1.C[C@@H](N[C@H](CO)[C@H](OCc1ccccc1)[C@H](COCc1ccccc1)OCc1ccccc1)c1ccccc1.C[C@H](c1ccccc1)N1C[C@@H]1[C@H](OCc1ccccc1)[C@H](COCc1ccccc1)OCc1ccccc1.NC[C@H](O)[C@@H](O)CO.O=C=O. The van der Waals surface area contributed by atoms with Gasteiger partial charge in [0, 0.05) is 31.2 Å². The number of carboxylic acids is 1. The van der Waals surface area contributed by atoms with Crippen LogP contribution in [0.15, 0.2) is 364 Å². The lowest BCUT2D eigenvalue weighted by Gasteiger charge is -2.35. The van der Waals surface area contributed by atoms with Crippen molar-refractivity contribution in [1.29, 1.82) is 0 Å². The number of benzene rings is 12. The van der Waals surface area contributed by atoms with Crippen LogP contribution in [0.2, 0.25) is 0 Å². The van der Waals surface area contributed by atoms with E-state index in [0.29, 0.717) is 72.1 Å². The number of hydrogen-bond acceptors (Lipinski definition) is 20. The molecule has 1 unspecified atom stereocenters. The van der Waals surface area contributed by atoms with Crippen molar-refractivity contribution in [2.45, 2.75) is 165 Å². The monoisotopic (exact) mass is 1740 g/mol. The van der Waals surface area contributed by atoms with Gasteiger partial charge in [0.1, 0.15) is 48.8 Å². The number of carbonyl (C=O) groups excluding carboxylic acids is 2. The number of nitrogens with one attached hydrogen (secondary N) is 2. The Morgan fingerprint density at radius 1 is 0.359 bits per heavy atom. The van der Waals surface area contributed by atoms with Crippen LogP contribution >= 0.6 is 0 Å². The Balaban J connectivity index is 0.000000204. The fourth-order valence-electron chi connectivity index (χ4n) is 14.2. The third kappa shape index (κ3) is 36.9. The van der Waals surface area contributed by atoms with Crippen LogP contribution in [0.25, 0.3) is 0 Å². The van der Waals surface area contributed by atoms with Crippen molar-refractivity contribution >= 4 is 12.1 Å². The lowest BCUT2D eigenvalue weighted by atomic mass is 10.0. The molecule has 15 atom stereocenters. The molecule has 1 heterocycles. The molecule has 0 aliphatic carbocycles. The van der Waals surface area contributed by atoms with Crippen LogP contribution in [0.1, 0.15) is 106 Å². The number of aliphatic hydroxyl groups excluding tert-OH is 4. The van der Waals surface area contributed by atoms with E-state index in [4.69, 9.17) is 73.3 Å². The molecule has 12 aromatic carbocycles. The van der Waals surface area contributed by atoms with E-state index in [1.165, 1.54) is 5.56 Å². The second-order valence-electron chi connectivity index (χ2n) is 31.0. The number of aliphatic hydroxyl groups is 4. The molecule has 1 aliphatic rings. The standard InChI is InChI=1S/C34H37NO5.C34H39NO4.C34H37NO3.C4H11NO3.CO2/c1-26(30-20-12-5-13-21-30)35-32(34(36)37)33(40-24-29-18-10-4-11-19-29)31(39-23-28-16-8-3-9-17-28)25-38-22-27-14-6-2-7-15-27;1-27(31-20-12-5-13-21-31)35-32(22-36)34(39-25-30-18-10-4-11-19-30)33(38-24-29-16-8-3-9-17-29)26-37-23-28-14-6-2-7-15-28;1-27(31-20-12-5-13-21-31)35-22-32(35)34(38-25-30-18-10-4-11-19-30)33(37-24-29-16-8-3-9-17-29)26-36-23-28-14-6-2-7-15-28;5-1-3(7)4(8)2-6;2-1-3/h2-21,26,31-33,35H,22-25H2,1H3,(H,36,37);2-21,27,32-36H,22-26H2,1H3;2-21,27,32-34H,22-26H2,1H3;3-4,6-8H,1-2,5H2;/t26-,31+,32+,33-;27-,32-,33+,34+;27-,32-,33+,34+,35?;3-,4-;/m1110./s1. The van der Waals surface area contributed by atoms with Gasteiger partial charge in [-0.25, -0.2) is 0 Å². The zero-order chi connectivity index (χ0) is 90.4. The zero-order valence-electron chi connectivity index (χ0n) is 73.2. The highest BCUT2D eigenvalue weighted by Crippen LogP contribution is 2.37. The summed E-state index contributed by atoms with van der Waals surface area (Å²) in [5.74, 6) is -1.02. The fourth-order valence-corrected chi connectivity index (χ4v) is 14.2. The third-order valence-electron chi connectivity index (χ3n) is 21.5.